The Labute approximate surface area is 100 Å². The van der Waals surface area contributed by atoms with Gasteiger partial charge in [-0.05, 0) is 0 Å². The summed E-state index contributed by atoms with van der Waals surface area (Å²) in [6.45, 7) is 2.92. The van der Waals surface area contributed by atoms with Gasteiger partial charge in [0.25, 0.3) is 5.91 Å². The first kappa shape index (κ1) is 11.9. The number of nitrogens with zero attached hydrogens (tertiary/aromatic N) is 3. The molecule has 6 nitrogen and oxygen atoms in total. The molecule has 92 valence electrons. The first-order valence-electron chi connectivity index (χ1n) is 5.60. The van der Waals surface area contributed by atoms with Crippen molar-refractivity contribution in [1.82, 2.24) is 20.2 Å². The molecule has 1 aliphatic heterocycles. The molecule has 2 heterocycles. The predicted octanol–water partition coefficient (Wildman–Crippen LogP) is -0.463. The third kappa shape index (κ3) is 3.21. The van der Waals surface area contributed by atoms with Crippen LogP contribution in [-0.4, -0.2) is 60.2 Å². The Morgan fingerprint density at radius 1 is 1.59 bits per heavy atom. The standard InChI is InChI=1S/C11H16N4O2/c1-15(7-10-6-12-2-3-17-10)11(16)9-4-13-8-14-5-9/h4-5,8,10,12H,2-3,6-7H2,1H3. The van der Waals surface area contributed by atoms with E-state index in [4.69, 9.17) is 4.74 Å². The van der Waals surface area contributed by atoms with E-state index in [9.17, 15) is 4.79 Å². The third-order valence-electron chi connectivity index (χ3n) is 2.64. The molecule has 1 saturated heterocycles. The number of nitrogens with one attached hydrogen (secondary N) is 1. The number of carbonyl (C=O) groups excluding carboxylic acids is 1. The molecular weight excluding hydrogens is 220 g/mol. The second kappa shape index (κ2) is 5.70. The van der Waals surface area contributed by atoms with E-state index in [1.807, 2.05) is 0 Å². The van der Waals surface area contributed by atoms with E-state index < -0.39 is 0 Å². The van der Waals surface area contributed by atoms with Crippen LogP contribution in [0.1, 0.15) is 10.4 Å². The van der Waals surface area contributed by atoms with Gasteiger partial charge in [-0.3, -0.25) is 4.79 Å². The van der Waals surface area contributed by atoms with Gasteiger partial charge in [-0.15, -0.1) is 0 Å². The number of morpholine rings is 1. The zero-order valence-electron chi connectivity index (χ0n) is 9.80. The third-order valence-corrected chi connectivity index (χ3v) is 2.64. The lowest BCUT2D eigenvalue weighted by molar-refractivity contribution is 0.0103. The van der Waals surface area contributed by atoms with E-state index in [0.29, 0.717) is 18.7 Å². The molecule has 0 saturated carbocycles. The molecule has 1 aromatic rings. The molecule has 17 heavy (non-hydrogen) atoms. The SMILES string of the molecule is CN(CC1CNCCO1)C(=O)c1cncnc1. The quantitative estimate of drug-likeness (QED) is 0.769. The summed E-state index contributed by atoms with van der Waals surface area (Å²) in [5, 5.41) is 3.23. The lowest BCUT2D eigenvalue weighted by Gasteiger charge is -2.27. The second-order valence-electron chi connectivity index (χ2n) is 4.01. The van der Waals surface area contributed by atoms with Crippen LogP contribution in [-0.2, 0) is 4.74 Å². The van der Waals surface area contributed by atoms with Crippen LogP contribution in [0, 0.1) is 0 Å². The summed E-state index contributed by atoms with van der Waals surface area (Å²) in [4.78, 5) is 21.3. The van der Waals surface area contributed by atoms with Gasteiger partial charge in [-0.25, -0.2) is 9.97 Å². The summed E-state index contributed by atoms with van der Waals surface area (Å²) in [6, 6.07) is 0. The van der Waals surface area contributed by atoms with Crippen molar-refractivity contribution >= 4 is 5.91 Å². The Hall–Kier alpha value is -1.53. The molecule has 0 bridgehead atoms. The molecule has 1 aliphatic rings. The van der Waals surface area contributed by atoms with E-state index in [1.54, 1.807) is 11.9 Å². The Morgan fingerprint density at radius 3 is 3.00 bits per heavy atom. The predicted molar refractivity (Wildman–Crippen MR) is 61.6 cm³/mol. The molecule has 1 fully saturated rings. The molecule has 0 spiro atoms. The molecule has 6 heteroatoms. The number of rotatable bonds is 3. The Kier molecular flexibility index (Phi) is 4.00. The summed E-state index contributed by atoms with van der Waals surface area (Å²) in [6.07, 6.45) is 4.50. The molecular formula is C11H16N4O2. The fraction of sp³-hybridized carbons (Fsp3) is 0.545. The van der Waals surface area contributed by atoms with Crippen molar-refractivity contribution < 1.29 is 9.53 Å². The van der Waals surface area contributed by atoms with Gasteiger partial charge in [0, 0.05) is 39.1 Å². The van der Waals surface area contributed by atoms with Gasteiger partial charge in [0.05, 0.1) is 18.3 Å². The molecule has 2 rings (SSSR count). The average Bonchev–Trinajstić information content (AvgIpc) is 2.40. The lowest BCUT2D eigenvalue weighted by Crippen LogP contribution is -2.45. The van der Waals surface area contributed by atoms with E-state index in [-0.39, 0.29) is 12.0 Å². The van der Waals surface area contributed by atoms with Crippen molar-refractivity contribution in [3.05, 3.63) is 24.3 Å². The Morgan fingerprint density at radius 2 is 2.35 bits per heavy atom. The van der Waals surface area contributed by atoms with E-state index in [0.717, 1.165) is 13.1 Å². The largest absolute Gasteiger partial charge is 0.374 e. The van der Waals surface area contributed by atoms with E-state index in [1.165, 1.54) is 18.7 Å². The monoisotopic (exact) mass is 236 g/mol. The highest BCUT2D eigenvalue weighted by molar-refractivity contribution is 5.93. The summed E-state index contributed by atoms with van der Waals surface area (Å²) >= 11 is 0. The number of hydrogen-bond acceptors (Lipinski definition) is 5. The highest BCUT2D eigenvalue weighted by Gasteiger charge is 2.19. The van der Waals surface area contributed by atoms with Gasteiger partial charge in [-0.1, -0.05) is 0 Å². The maximum Gasteiger partial charge on any atom is 0.256 e. The van der Waals surface area contributed by atoms with Gasteiger partial charge in [0.2, 0.25) is 0 Å². The number of likely N-dealkylation sites (N-methyl/N-ethyl adjacent to an activating group) is 1. The van der Waals surface area contributed by atoms with Gasteiger partial charge < -0.3 is 15.0 Å². The van der Waals surface area contributed by atoms with Crippen LogP contribution >= 0.6 is 0 Å². The zero-order chi connectivity index (χ0) is 12.1. The van der Waals surface area contributed by atoms with Gasteiger partial charge in [0.1, 0.15) is 6.33 Å². The average molecular weight is 236 g/mol. The smallest absolute Gasteiger partial charge is 0.256 e. The molecule has 0 aliphatic carbocycles. The molecule has 0 radical (unpaired) electrons. The summed E-state index contributed by atoms with van der Waals surface area (Å²) in [5.41, 5.74) is 0.499. The van der Waals surface area contributed by atoms with E-state index >= 15 is 0 Å². The molecule has 1 aromatic heterocycles. The lowest BCUT2D eigenvalue weighted by atomic mass is 10.2. The second-order valence-corrected chi connectivity index (χ2v) is 4.01. The number of hydrogen-bond donors (Lipinski definition) is 1. The highest BCUT2D eigenvalue weighted by atomic mass is 16.5. The summed E-state index contributed by atoms with van der Waals surface area (Å²) in [5.74, 6) is -0.0835. The van der Waals surface area contributed by atoms with Gasteiger partial charge in [0.15, 0.2) is 0 Å². The Bertz CT molecular complexity index is 365. The first-order valence-corrected chi connectivity index (χ1v) is 5.60. The minimum Gasteiger partial charge on any atom is -0.374 e. The minimum atomic E-state index is -0.0835. The van der Waals surface area contributed by atoms with E-state index in [2.05, 4.69) is 15.3 Å². The van der Waals surface area contributed by atoms with Gasteiger partial charge in [-0.2, -0.15) is 0 Å². The minimum absolute atomic E-state index is 0.0577. The van der Waals surface area contributed by atoms with Crippen LogP contribution in [0.5, 0.6) is 0 Å². The topological polar surface area (TPSA) is 67.3 Å². The molecule has 1 amide bonds. The number of carbonyl (C=O) groups is 1. The number of aromatic nitrogens is 2. The fourth-order valence-corrected chi connectivity index (χ4v) is 1.76. The van der Waals surface area contributed by atoms with Crippen LogP contribution in [0.4, 0.5) is 0 Å². The van der Waals surface area contributed by atoms with Crippen molar-refractivity contribution in [3.8, 4) is 0 Å². The maximum absolute atomic E-state index is 12.0. The normalized spacial score (nSPS) is 19.9. The van der Waals surface area contributed by atoms with Crippen LogP contribution in [0.25, 0.3) is 0 Å². The van der Waals surface area contributed by atoms with Crippen LogP contribution in [0.15, 0.2) is 18.7 Å². The van der Waals surface area contributed by atoms with Crippen LogP contribution < -0.4 is 5.32 Å². The Balaban J connectivity index is 1.91. The van der Waals surface area contributed by atoms with Crippen molar-refractivity contribution in [2.75, 3.05) is 33.3 Å². The maximum atomic E-state index is 12.0. The summed E-state index contributed by atoms with van der Waals surface area (Å²) < 4.78 is 5.55. The van der Waals surface area contributed by atoms with Crippen molar-refractivity contribution in [3.63, 3.8) is 0 Å². The zero-order valence-corrected chi connectivity index (χ0v) is 9.80. The van der Waals surface area contributed by atoms with Gasteiger partial charge >= 0.3 is 0 Å². The molecule has 1 unspecified atom stereocenters. The van der Waals surface area contributed by atoms with Crippen LogP contribution in [0.2, 0.25) is 0 Å². The fourth-order valence-electron chi connectivity index (χ4n) is 1.76. The highest BCUT2D eigenvalue weighted by Crippen LogP contribution is 2.03. The summed E-state index contributed by atoms with van der Waals surface area (Å²) in [7, 11) is 1.76. The molecule has 1 atom stereocenters. The van der Waals surface area contributed by atoms with Crippen LogP contribution in [0.3, 0.4) is 0 Å². The number of amides is 1. The number of ether oxygens (including phenoxy) is 1. The molecule has 1 N–H and O–H groups in total. The van der Waals surface area contributed by atoms with Crippen molar-refractivity contribution in [1.29, 1.82) is 0 Å². The van der Waals surface area contributed by atoms with Crippen molar-refractivity contribution in [2.45, 2.75) is 6.10 Å². The van der Waals surface area contributed by atoms with Crippen molar-refractivity contribution in [2.24, 2.45) is 0 Å². The molecule has 0 aromatic carbocycles. The first-order chi connectivity index (χ1) is 8.27.